The molecule has 2 amide bonds. The SMILES string of the molecule is COc1cc(OC)nc(-n2c(=S)[nH]c3cc(C(=O)NCc4ccc(NC(C)=O)cc4)ccc3c2=O)n1. The minimum atomic E-state index is -0.463. The van der Waals surface area contributed by atoms with Gasteiger partial charge in [0.2, 0.25) is 23.6 Å². The fourth-order valence-electron chi connectivity index (χ4n) is 3.44. The summed E-state index contributed by atoms with van der Waals surface area (Å²) >= 11 is 5.39. The first-order valence-corrected chi connectivity index (χ1v) is 11.1. The van der Waals surface area contributed by atoms with Gasteiger partial charge in [0.1, 0.15) is 0 Å². The molecule has 0 aliphatic rings. The van der Waals surface area contributed by atoms with E-state index >= 15 is 0 Å². The average Bonchev–Trinajstić information content (AvgIpc) is 2.87. The van der Waals surface area contributed by atoms with E-state index < -0.39 is 5.56 Å². The maximum atomic E-state index is 13.2. The van der Waals surface area contributed by atoms with Gasteiger partial charge in [0.25, 0.3) is 11.5 Å². The summed E-state index contributed by atoms with van der Waals surface area (Å²) in [5.74, 6) is -0.0863. The molecule has 4 aromatic rings. The summed E-state index contributed by atoms with van der Waals surface area (Å²) in [6.45, 7) is 1.72. The Bertz CT molecular complexity index is 1560. The van der Waals surface area contributed by atoms with Crippen LogP contribution in [0, 0.1) is 4.77 Å². The monoisotopic (exact) mass is 506 g/mol. The molecule has 0 aliphatic heterocycles. The van der Waals surface area contributed by atoms with Crippen molar-refractivity contribution in [1.82, 2.24) is 24.8 Å². The van der Waals surface area contributed by atoms with Gasteiger partial charge in [-0.05, 0) is 48.1 Å². The Kier molecular flexibility index (Phi) is 7.06. The van der Waals surface area contributed by atoms with Gasteiger partial charge in [0.15, 0.2) is 4.77 Å². The Morgan fingerprint density at radius 1 is 1.03 bits per heavy atom. The van der Waals surface area contributed by atoms with Crippen molar-refractivity contribution in [2.75, 3.05) is 19.5 Å². The number of ether oxygens (including phenoxy) is 2. The molecule has 11 nitrogen and oxygen atoms in total. The highest BCUT2D eigenvalue weighted by Gasteiger charge is 2.15. The molecule has 36 heavy (non-hydrogen) atoms. The number of hydrogen-bond acceptors (Lipinski definition) is 8. The quantitative estimate of drug-likeness (QED) is 0.325. The molecule has 2 aromatic carbocycles. The van der Waals surface area contributed by atoms with Crippen molar-refractivity contribution in [1.29, 1.82) is 0 Å². The number of nitrogens with zero attached hydrogens (tertiary/aromatic N) is 3. The zero-order chi connectivity index (χ0) is 25.8. The molecule has 2 aromatic heterocycles. The van der Waals surface area contributed by atoms with E-state index in [0.29, 0.717) is 22.2 Å². The van der Waals surface area contributed by atoms with Gasteiger partial charge in [-0.3, -0.25) is 14.4 Å². The summed E-state index contributed by atoms with van der Waals surface area (Å²) in [4.78, 5) is 48.4. The third-order valence-corrected chi connectivity index (χ3v) is 5.46. The normalized spacial score (nSPS) is 10.6. The molecule has 0 atom stereocenters. The van der Waals surface area contributed by atoms with Gasteiger partial charge < -0.3 is 25.1 Å². The van der Waals surface area contributed by atoms with Crippen LogP contribution in [0.2, 0.25) is 0 Å². The molecule has 0 fully saturated rings. The minimum absolute atomic E-state index is 0.00862. The van der Waals surface area contributed by atoms with Crippen LogP contribution >= 0.6 is 12.2 Å². The van der Waals surface area contributed by atoms with Crippen molar-refractivity contribution in [2.24, 2.45) is 0 Å². The van der Waals surface area contributed by atoms with Crippen LogP contribution in [0.5, 0.6) is 11.8 Å². The van der Waals surface area contributed by atoms with Gasteiger partial charge in [0.05, 0.1) is 31.2 Å². The van der Waals surface area contributed by atoms with E-state index in [1.807, 2.05) is 0 Å². The van der Waals surface area contributed by atoms with Crippen molar-refractivity contribution in [3.8, 4) is 17.7 Å². The van der Waals surface area contributed by atoms with Gasteiger partial charge in [-0.25, -0.2) is 4.57 Å². The van der Waals surface area contributed by atoms with E-state index in [2.05, 4.69) is 25.6 Å². The third-order valence-electron chi connectivity index (χ3n) is 5.17. The molecule has 0 bridgehead atoms. The first-order chi connectivity index (χ1) is 17.3. The van der Waals surface area contributed by atoms with Crippen LogP contribution in [-0.2, 0) is 11.3 Å². The van der Waals surface area contributed by atoms with E-state index in [0.717, 1.165) is 10.1 Å². The van der Waals surface area contributed by atoms with Crippen LogP contribution in [0.25, 0.3) is 16.9 Å². The van der Waals surface area contributed by atoms with Crippen LogP contribution in [0.3, 0.4) is 0 Å². The Balaban J connectivity index is 1.59. The summed E-state index contributed by atoms with van der Waals surface area (Å²) in [7, 11) is 2.87. The van der Waals surface area contributed by atoms with Crippen molar-refractivity contribution in [3.05, 3.63) is 74.8 Å². The fraction of sp³-hybridized carbons (Fsp3) is 0.167. The maximum absolute atomic E-state index is 13.2. The van der Waals surface area contributed by atoms with Gasteiger partial charge in [-0.15, -0.1) is 0 Å². The topological polar surface area (TPSA) is 140 Å². The first kappa shape index (κ1) is 24.5. The standard InChI is InChI=1S/C24H22N6O5S/c1-13(31)26-16-7-4-14(5-8-16)12-25-21(32)15-6-9-17-18(10-15)27-24(36)30(22(17)33)23-28-19(34-2)11-20(29-23)35-3/h4-11H,12H2,1-3H3,(H,25,32)(H,26,31)(H,27,36). The number of anilines is 1. The Hall–Kier alpha value is -4.58. The lowest BCUT2D eigenvalue weighted by atomic mass is 10.1. The number of hydrogen-bond donors (Lipinski definition) is 3. The van der Waals surface area contributed by atoms with Crippen LogP contribution in [0.15, 0.2) is 53.3 Å². The number of H-pyrrole nitrogens is 1. The van der Waals surface area contributed by atoms with E-state index in [1.165, 1.54) is 33.3 Å². The lowest BCUT2D eigenvalue weighted by molar-refractivity contribution is -0.114. The van der Waals surface area contributed by atoms with Crippen molar-refractivity contribution >= 4 is 40.6 Å². The molecular formula is C24H22N6O5S. The largest absolute Gasteiger partial charge is 0.481 e. The molecule has 0 aliphatic carbocycles. The predicted octanol–water partition coefficient (Wildman–Crippen LogP) is 2.74. The Morgan fingerprint density at radius 2 is 1.69 bits per heavy atom. The number of benzene rings is 2. The van der Waals surface area contributed by atoms with E-state index in [4.69, 9.17) is 21.7 Å². The summed E-state index contributed by atoms with van der Waals surface area (Å²) in [6.07, 6.45) is 0. The van der Waals surface area contributed by atoms with Gasteiger partial charge in [-0.1, -0.05) is 12.1 Å². The van der Waals surface area contributed by atoms with Crippen molar-refractivity contribution in [3.63, 3.8) is 0 Å². The summed E-state index contributed by atoms with van der Waals surface area (Å²) in [6, 6.07) is 13.2. The Morgan fingerprint density at radius 3 is 2.31 bits per heavy atom. The molecule has 2 heterocycles. The predicted molar refractivity (Wildman–Crippen MR) is 135 cm³/mol. The summed E-state index contributed by atoms with van der Waals surface area (Å²) in [5, 5.41) is 5.81. The number of carbonyl (C=O) groups is 2. The molecule has 0 spiro atoms. The number of fused-ring (bicyclic) bond motifs is 1. The molecule has 0 unspecified atom stereocenters. The van der Waals surface area contributed by atoms with Crippen molar-refractivity contribution < 1.29 is 19.1 Å². The molecule has 0 saturated carbocycles. The number of carbonyl (C=O) groups excluding carboxylic acids is 2. The Labute approximate surface area is 210 Å². The number of amides is 2. The summed E-state index contributed by atoms with van der Waals surface area (Å²) < 4.78 is 11.5. The molecule has 0 saturated heterocycles. The minimum Gasteiger partial charge on any atom is -0.481 e. The molecule has 4 rings (SSSR count). The highest BCUT2D eigenvalue weighted by molar-refractivity contribution is 7.71. The molecular weight excluding hydrogens is 484 g/mol. The van der Waals surface area contributed by atoms with Gasteiger partial charge in [-0.2, -0.15) is 9.97 Å². The lowest BCUT2D eigenvalue weighted by Gasteiger charge is -2.10. The fourth-order valence-corrected chi connectivity index (χ4v) is 3.71. The number of methoxy groups -OCH3 is 2. The van der Waals surface area contributed by atoms with Crippen LogP contribution in [0.4, 0.5) is 5.69 Å². The third kappa shape index (κ3) is 5.23. The van der Waals surface area contributed by atoms with Crippen LogP contribution < -0.4 is 25.7 Å². The van der Waals surface area contributed by atoms with Crippen LogP contribution in [0.1, 0.15) is 22.8 Å². The number of aromatic amines is 1. The second kappa shape index (κ2) is 10.4. The van der Waals surface area contributed by atoms with E-state index in [9.17, 15) is 14.4 Å². The summed E-state index contributed by atoms with van der Waals surface area (Å²) in [5.41, 5.74) is 1.80. The molecule has 184 valence electrons. The smallest absolute Gasteiger partial charge is 0.269 e. The highest BCUT2D eigenvalue weighted by atomic mass is 32.1. The maximum Gasteiger partial charge on any atom is 0.269 e. The number of nitrogens with one attached hydrogen (secondary N) is 3. The molecule has 3 N–H and O–H groups in total. The first-order valence-electron chi connectivity index (χ1n) is 10.7. The van der Waals surface area contributed by atoms with Gasteiger partial charge >= 0.3 is 0 Å². The zero-order valence-electron chi connectivity index (χ0n) is 19.6. The van der Waals surface area contributed by atoms with Crippen LogP contribution in [-0.4, -0.2) is 45.6 Å². The number of rotatable bonds is 7. The molecule has 0 radical (unpaired) electrons. The lowest BCUT2D eigenvalue weighted by Crippen LogP contribution is -2.24. The number of aromatic nitrogens is 4. The average molecular weight is 507 g/mol. The highest BCUT2D eigenvalue weighted by Crippen LogP contribution is 2.18. The van der Waals surface area contributed by atoms with Gasteiger partial charge in [0, 0.05) is 24.7 Å². The zero-order valence-corrected chi connectivity index (χ0v) is 20.4. The molecule has 12 heteroatoms. The second-order valence-electron chi connectivity index (χ2n) is 7.64. The second-order valence-corrected chi connectivity index (χ2v) is 8.03. The van der Waals surface area contributed by atoms with E-state index in [-0.39, 0.29) is 40.8 Å². The van der Waals surface area contributed by atoms with E-state index in [1.54, 1.807) is 36.4 Å². The van der Waals surface area contributed by atoms with Crippen molar-refractivity contribution in [2.45, 2.75) is 13.5 Å².